The number of nitrogens with one attached hydrogen (secondary N) is 3. The molecule has 0 unspecified atom stereocenters. The fraction of sp³-hybridized carbons (Fsp3) is 0.667. The molecular weight excluding hydrogens is 194 g/mol. The highest BCUT2D eigenvalue weighted by molar-refractivity contribution is 5.88. The van der Waals surface area contributed by atoms with Crippen molar-refractivity contribution >= 4 is 11.9 Å². The van der Waals surface area contributed by atoms with E-state index < -0.39 is 0 Å². The summed E-state index contributed by atoms with van der Waals surface area (Å²) in [6, 6.07) is 0. The lowest BCUT2D eigenvalue weighted by Crippen LogP contribution is -2.22. The topological polar surface area (TPSA) is 82.7 Å². The fourth-order valence-electron chi connectivity index (χ4n) is 1.09. The van der Waals surface area contributed by atoms with Gasteiger partial charge in [0.2, 0.25) is 11.9 Å². The number of hydrogen-bond acceptors (Lipinski definition) is 4. The van der Waals surface area contributed by atoms with E-state index in [1.807, 2.05) is 0 Å². The van der Waals surface area contributed by atoms with Crippen LogP contribution in [-0.4, -0.2) is 34.2 Å². The zero-order chi connectivity index (χ0) is 11.1. The monoisotopic (exact) mass is 211 g/mol. The van der Waals surface area contributed by atoms with Gasteiger partial charge in [-0.3, -0.25) is 15.2 Å². The van der Waals surface area contributed by atoms with Crippen LogP contribution in [0.15, 0.2) is 0 Å². The van der Waals surface area contributed by atoms with Gasteiger partial charge >= 0.3 is 0 Å². The fourth-order valence-corrected chi connectivity index (χ4v) is 1.09. The van der Waals surface area contributed by atoms with Crippen LogP contribution in [0.2, 0.25) is 0 Å². The van der Waals surface area contributed by atoms with Crippen molar-refractivity contribution in [1.29, 1.82) is 0 Å². The van der Waals surface area contributed by atoms with Crippen LogP contribution in [0.3, 0.4) is 0 Å². The van der Waals surface area contributed by atoms with E-state index in [-0.39, 0.29) is 5.91 Å². The summed E-state index contributed by atoms with van der Waals surface area (Å²) >= 11 is 0. The lowest BCUT2D eigenvalue weighted by atomic mass is 10.4. The number of nitrogens with zero attached hydrogens (tertiary/aromatic N) is 2. The van der Waals surface area contributed by atoms with Gasteiger partial charge in [0.25, 0.3) is 0 Å². The molecule has 6 nitrogen and oxygen atoms in total. The van der Waals surface area contributed by atoms with Crippen LogP contribution in [0.4, 0.5) is 5.95 Å². The van der Waals surface area contributed by atoms with Crippen molar-refractivity contribution in [3.63, 3.8) is 0 Å². The van der Waals surface area contributed by atoms with E-state index in [1.54, 1.807) is 6.92 Å². The molecule has 15 heavy (non-hydrogen) atoms. The highest BCUT2D eigenvalue weighted by atomic mass is 16.1. The van der Waals surface area contributed by atoms with Crippen LogP contribution in [0.5, 0.6) is 0 Å². The van der Waals surface area contributed by atoms with Crippen LogP contribution in [0.1, 0.15) is 25.6 Å². The van der Waals surface area contributed by atoms with Crippen molar-refractivity contribution in [2.45, 2.75) is 26.7 Å². The average molecular weight is 211 g/mol. The van der Waals surface area contributed by atoms with Crippen molar-refractivity contribution in [2.75, 3.05) is 18.4 Å². The van der Waals surface area contributed by atoms with Gasteiger partial charge in [-0.05, 0) is 19.9 Å². The van der Waals surface area contributed by atoms with Crippen LogP contribution >= 0.6 is 0 Å². The SMILES string of the molecule is CCCNCCC(=O)Nc1n[nH]c(C)n1. The third-order valence-electron chi connectivity index (χ3n) is 1.80. The van der Waals surface area contributed by atoms with Gasteiger partial charge in [0, 0.05) is 13.0 Å². The van der Waals surface area contributed by atoms with Gasteiger partial charge in [-0.2, -0.15) is 4.98 Å². The number of carbonyl (C=O) groups excluding carboxylic acids is 1. The number of hydrogen-bond donors (Lipinski definition) is 3. The van der Waals surface area contributed by atoms with Gasteiger partial charge in [-0.1, -0.05) is 6.92 Å². The Bertz CT molecular complexity index is 309. The summed E-state index contributed by atoms with van der Waals surface area (Å²) in [7, 11) is 0. The predicted molar refractivity (Wildman–Crippen MR) is 57.5 cm³/mol. The summed E-state index contributed by atoms with van der Waals surface area (Å²) in [5, 5.41) is 12.2. The minimum absolute atomic E-state index is 0.0717. The Hall–Kier alpha value is -1.43. The maximum atomic E-state index is 11.3. The summed E-state index contributed by atoms with van der Waals surface area (Å²) < 4.78 is 0. The average Bonchev–Trinajstić information content (AvgIpc) is 2.59. The van der Waals surface area contributed by atoms with E-state index in [0.717, 1.165) is 13.0 Å². The predicted octanol–water partition coefficient (Wildman–Crippen LogP) is 0.441. The van der Waals surface area contributed by atoms with E-state index in [9.17, 15) is 4.79 Å². The Morgan fingerprint density at radius 2 is 2.27 bits per heavy atom. The highest BCUT2D eigenvalue weighted by Gasteiger charge is 2.04. The number of aromatic amines is 1. The van der Waals surface area contributed by atoms with Gasteiger partial charge in [0.15, 0.2) is 0 Å². The van der Waals surface area contributed by atoms with E-state index in [1.165, 1.54) is 0 Å². The summed E-state index contributed by atoms with van der Waals surface area (Å²) in [5.41, 5.74) is 0. The first kappa shape index (κ1) is 11.6. The van der Waals surface area contributed by atoms with E-state index in [0.29, 0.717) is 24.7 Å². The number of aryl methyl sites for hydroxylation is 1. The zero-order valence-electron chi connectivity index (χ0n) is 9.13. The zero-order valence-corrected chi connectivity index (χ0v) is 9.13. The number of H-pyrrole nitrogens is 1. The lowest BCUT2D eigenvalue weighted by Gasteiger charge is -2.02. The van der Waals surface area contributed by atoms with Crippen molar-refractivity contribution < 1.29 is 4.79 Å². The number of aromatic nitrogens is 3. The van der Waals surface area contributed by atoms with Crippen LogP contribution < -0.4 is 10.6 Å². The maximum absolute atomic E-state index is 11.3. The first-order valence-electron chi connectivity index (χ1n) is 5.12. The third-order valence-corrected chi connectivity index (χ3v) is 1.80. The van der Waals surface area contributed by atoms with Gasteiger partial charge in [-0.15, -0.1) is 5.10 Å². The molecule has 1 amide bonds. The molecule has 84 valence electrons. The number of carbonyl (C=O) groups is 1. The molecule has 0 aliphatic carbocycles. The highest BCUT2D eigenvalue weighted by Crippen LogP contribution is 1.97. The second kappa shape index (κ2) is 6.13. The molecule has 0 spiro atoms. The van der Waals surface area contributed by atoms with Gasteiger partial charge < -0.3 is 5.32 Å². The molecule has 0 bridgehead atoms. The Kier molecular flexibility index (Phi) is 4.76. The van der Waals surface area contributed by atoms with Crippen molar-refractivity contribution in [3.05, 3.63) is 5.82 Å². The smallest absolute Gasteiger partial charge is 0.248 e. The molecule has 0 saturated carbocycles. The first-order valence-corrected chi connectivity index (χ1v) is 5.12. The Labute approximate surface area is 88.9 Å². The van der Waals surface area contributed by atoms with Crippen molar-refractivity contribution in [3.8, 4) is 0 Å². The normalized spacial score (nSPS) is 10.3. The first-order chi connectivity index (χ1) is 7.22. The molecule has 0 fully saturated rings. The summed E-state index contributed by atoms with van der Waals surface area (Å²) in [6.07, 6.45) is 1.51. The number of anilines is 1. The molecule has 1 rings (SSSR count). The second-order valence-corrected chi connectivity index (χ2v) is 3.29. The van der Waals surface area contributed by atoms with E-state index >= 15 is 0 Å². The second-order valence-electron chi connectivity index (χ2n) is 3.29. The van der Waals surface area contributed by atoms with Gasteiger partial charge in [0.05, 0.1) is 0 Å². The molecule has 1 heterocycles. The molecule has 0 aromatic carbocycles. The molecule has 0 radical (unpaired) electrons. The molecule has 0 saturated heterocycles. The Balaban J connectivity index is 2.18. The molecule has 6 heteroatoms. The molecular formula is C9H17N5O. The van der Waals surface area contributed by atoms with E-state index in [2.05, 4.69) is 32.7 Å². The lowest BCUT2D eigenvalue weighted by molar-refractivity contribution is -0.116. The van der Waals surface area contributed by atoms with Crippen molar-refractivity contribution in [1.82, 2.24) is 20.5 Å². The number of rotatable bonds is 6. The van der Waals surface area contributed by atoms with Gasteiger partial charge in [-0.25, -0.2) is 0 Å². The molecule has 0 aliphatic rings. The quantitative estimate of drug-likeness (QED) is 0.596. The van der Waals surface area contributed by atoms with Crippen LogP contribution in [0, 0.1) is 6.92 Å². The molecule has 3 N–H and O–H groups in total. The Morgan fingerprint density at radius 3 is 2.87 bits per heavy atom. The summed E-state index contributed by atoms with van der Waals surface area (Å²) in [5.74, 6) is 0.958. The molecule has 0 atom stereocenters. The number of amides is 1. The van der Waals surface area contributed by atoms with E-state index in [4.69, 9.17) is 0 Å². The molecule has 0 aliphatic heterocycles. The minimum atomic E-state index is -0.0717. The van der Waals surface area contributed by atoms with Crippen molar-refractivity contribution in [2.24, 2.45) is 0 Å². The minimum Gasteiger partial charge on any atom is -0.316 e. The maximum Gasteiger partial charge on any atom is 0.248 e. The Morgan fingerprint density at radius 1 is 1.47 bits per heavy atom. The standard InChI is InChI=1S/C9H17N5O/c1-3-5-10-6-4-8(15)12-9-11-7(2)13-14-9/h10H,3-6H2,1-2H3,(H2,11,12,13,14,15). The largest absolute Gasteiger partial charge is 0.316 e. The summed E-state index contributed by atoms with van der Waals surface area (Å²) in [6.45, 7) is 5.49. The summed E-state index contributed by atoms with van der Waals surface area (Å²) in [4.78, 5) is 15.3. The molecule has 1 aromatic heterocycles. The van der Waals surface area contributed by atoms with Crippen LogP contribution in [-0.2, 0) is 4.79 Å². The third kappa shape index (κ3) is 4.55. The molecule has 1 aromatic rings. The van der Waals surface area contributed by atoms with Crippen LogP contribution in [0.25, 0.3) is 0 Å². The van der Waals surface area contributed by atoms with Gasteiger partial charge in [0.1, 0.15) is 5.82 Å².